The molecular weight excluding hydrogens is 350 g/mol. The average Bonchev–Trinajstić information content (AvgIpc) is 2.53. The Bertz CT molecular complexity index is 834. The predicted octanol–water partition coefficient (Wildman–Crippen LogP) is 2.96. The third kappa shape index (κ3) is 3.95. The van der Waals surface area contributed by atoms with Crippen LogP contribution in [0.2, 0.25) is 5.02 Å². The highest BCUT2D eigenvalue weighted by molar-refractivity contribution is 7.89. The SMILES string of the molecule is Cc1ccc(S(=O)(=O)N(C)C(Cc2ccccc2Cl)C(=O)O)cc1. The molecule has 0 fully saturated rings. The van der Waals surface area contributed by atoms with Crippen molar-refractivity contribution in [3.05, 3.63) is 64.7 Å². The fourth-order valence-corrected chi connectivity index (χ4v) is 3.81. The second-order valence-corrected chi connectivity index (χ2v) is 7.89. The largest absolute Gasteiger partial charge is 0.480 e. The highest BCUT2D eigenvalue weighted by Crippen LogP contribution is 2.22. The third-order valence-electron chi connectivity index (χ3n) is 3.79. The van der Waals surface area contributed by atoms with Crippen LogP contribution in [0.5, 0.6) is 0 Å². The lowest BCUT2D eigenvalue weighted by atomic mass is 10.1. The van der Waals surface area contributed by atoms with E-state index in [9.17, 15) is 18.3 Å². The zero-order valence-corrected chi connectivity index (χ0v) is 14.9. The van der Waals surface area contributed by atoms with Crippen molar-refractivity contribution in [3.8, 4) is 0 Å². The Morgan fingerprint density at radius 1 is 1.17 bits per heavy atom. The number of hydrogen-bond acceptors (Lipinski definition) is 3. The first-order valence-corrected chi connectivity index (χ1v) is 9.06. The topological polar surface area (TPSA) is 74.7 Å². The maximum Gasteiger partial charge on any atom is 0.322 e. The number of carbonyl (C=O) groups is 1. The van der Waals surface area contributed by atoms with Crippen molar-refractivity contribution in [1.82, 2.24) is 4.31 Å². The third-order valence-corrected chi connectivity index (χ3v) is 6.04. The lowest BCUT2D eigenvalue weighted by Gasteiger charge is -2.24. The summed E-state index contributed by atoms with van der Waals surface area (Å²) in [6.45, 7) is 1.84. The van der Waals surface area contributed by atoms with Gasteiger partial charge in [-0.1, -0.05) is 47.5 Å². The van der Waals surface area contributed by atoms with Gasteiger partial charge in [0.2, 0.25) is 10.0 Å². The molecule has 0 heterocycles. The second-order valence-electron chi connectivity index (χ2n) is 5.48. The van der Waals surface area contributed by atoms with Gasteiger partial charge >= 0.3 is 5.97 Å². The summed E-state index contributed by atoms with van der Waals surface area (Å²) in [7, 11) is -2.65. The normalized spacial score (nSPS) is 13.0. The van der Waals surface area contributed by atoms with Crippen molar-refractivity contribution in [2.45, 2.75) is 24.3 Å². The molecule has 7 heteroatoms. The Balaban J connectivity index is 2.35. The van der Waals surface area contributed by atoms with E-state index in [0.29, 0.717) is 10.6 Å². The molecule has 0 saturated carbocycles. The van der Waals surface area contributed by atoms with Crippen molar-refractivity contribution in [2.75, 3.05) is 7.05 Å². The van der Waals surface area contributed by atoms with Crippen LogP contribution in [0.4, 0.5) is 0 Å². The van der Waals surface area contributed by atoms with Gasteiger partial charge in [0, 0.05) is 18.5 Å². The second kappa shape index (κ2) is 7.34. The van der Waals surface area contributed by atoms with Gasteiger partial charge < -0.3 is 5.11 Å². The summed E-state index contributed by atoms with van der Waals surface area (Å²) in [5.41, 5.74) is 1.50. The highest BCUT2D eigenvalue weighted by atomic mass is 35.5. The van der Waals surface area contributed by atoms with E-state index in [1.54, 1.807) is 36.4 Å². The molecule has 0 aliphatic rings. The minimum absolute atomic E-state index is 0.0173. The lowest BCUT2D eigenvalue weighted by Crippen LogP contribution is -2.43. The molecule has 0 radical (unpaired) electrons. The molecule has 1 N–H and O–H groups in total. The molecule has 0 spiro atoms. The van der Waals surface area contributed by atoms with Gasteiger partial charge in [-0.25, -0.2) is 8.42 Å². The van der Waals surface area contributed by atoms with E-state index in [4.69, 9.17) is 11.6 Å². The van der Waals surface area contributed by atoms with Gasteiger partial charge in [-0.05, 0) is 30.7 Å². The van der Waals surface area contributed by atoms with Gasteiger partial charge in [-0.3, -0.25) is 4.79 Å². The van der Waals surface area contributed by atoms with Gasteiger partial charge in [-0.2, -0.15) is 4.31 Å². The Hall–Kier alpha value is -1.89. The fraction of sp³-hybridized carbons (Fsp3) is 0.235. The molecule has 0 aliphatic heterocycles. The molecule has 0 aromatic heterocycles. The number of hydrogen-bond donors (Lipinski definition) is 1. The predicted molar refractivity (Wildman–Crippen MR) is 92.7 cm³/mol. The molecule has 0 bridgehead atoms. The zero-order chi connectivity index (χ0) is 17.9. The van der Waals surface area contributed by atoms with E-state index in [1.165, 1.54) is 19.2 Å². The Labute approximate surface area is 146 Å². The van der Waals surface area contributed by atoms with E-state index in [0.717, 1.165) is 9.87 Å². The number of carboxylic acid groups (broad SMARTS) is 1. The van der Waals surface area contributed by atoms with Crippen LogP contribution < -0.4 is 0 Å². The molecule has 0 saturated heterocycles. The Morgan fingerprint density at radius 2 is 1.75 bits per heavy atom. The summed E-state index contributed by atoms with van der Waals surface area (Å²) in [6, 6.07) is 11.8. The molecule has 24 heavy (non-hydrogen) atoms. The van der Waals surface area contributed by atoms with E-state index < -0.39 is 22.0 Å². The van der Waals surface area contributed by atoms with Crippen LogP contribution in [-0.2, 0) is 21.2 Å². The molecule has 5 nitrogen and oxygen atoms in total. The number of aryl methyl sites for hydroxylation is 1. The van der Waals surface area contributed by atoms with Crippen molar-refractivity contribution < 1.29 is 18.3 Å². The molecule has 2 aromatic rings. The summed E-state index contributed by atoms with van der Waals surface area (Å²) in [5, 5.41) is 9.91. The van der Waals surface area contributed by atoms with E-state index in [1.807, 2.05) is 6.92 Å². The zero-order valence-electron chi connectivity index (χ0n) is 13.3. The molecule has 128 valence electrons. The summed E-state index contributed by atoms with van der Waals surface area (Å²) >= 11 is 6.07. The maximum absolute atomic E-state index is 12.7. The average molecular weight is 368 g/mol. The number of aliphatic carboxylic acids is 1. The minimum Gasteiger partial charge on any atom is -0.480 e. The molecule has 2 aromatic carbocycles. The lowest BCUT2D eigenvalue weighted by molar-refractivity contribution is -0.141. The summed E-state index contributed by atoms with van der Waals surface area (Å²) < 4.78 is 26.3. The molecular formula is C17H18ClNO4S. The Kier molecular flexibility index (Phi) is 5.64. The van der Waals surface area contributed by atoms with Crippen molar-refractivity contribution in [2.24, 2.45) is 0 Å². The van der Waals surface area contributed by atoms with Crippen LogP contribution in [0.1, 0.15) is 11.1 Å². The van der Waals surface area contributed by atoms with Gasteiger partial charge in [0.15, 0.2) is 0 Å². The molecule has 2 rings (SSSR count). The summed E-state index contributed by atoms with van der Waals surface area (Å²) in [6.07, 6.45) is -0.0173. The first kappa shape index (κ1) is 18.4. The monoisotopic (exact) mass is 367 g/mol. The molecule has 1 unspecified atom stereocenters. The smallest absolute Gasteiger partial charge is 0.322 e. The summed E-state index contributed by atoms with van der Waals surface area (Å²) in [5.74, 6) is -1.23. The fourth-order valence-electron chi connectivity index (χ4n) is 2.29. The number of nitrogens with zero attached hydrogens (tertiary/aromatic N) is 1. The highest BCUT2D eigenvalue weighted by Gasteiger charge is 2.33. The van der Waals surface area contributed by atoms with Crippen LogP contribution in [0, 0.1) is 6.92 Å². The number of rotatable bonds is 6. The molecule has 0 aliphatic carbocycles. The van der Waals surface area contributed by atoms with Gasteiger partial charge in [-0.15, -0.1) is 0 Å². The first-order chi connectivity index (χ1) is 11.2. The number of sulfonamides is 1. The van der Waals surface area contributed by atoms with Crippen LogP contribution in [0.15, 0.2) is 53.4 Å². The number of carboxylic acids is 1. The quantitative estimate of drug-likeness (QED) is 0.851. The van der Waals surface area contributed by atoms with Gasteiger partial charge in [0.05, 0.1) is 4.90 Å². The standard InChI is InChI=1S/C17H18ClNO4S/c1-12-7-9-14(10-8-12)24(22,23)19(2)16(17(20)21)11-13-5-3-4-6-15(13)18/h3-10,16H,11H2,1-2H3,(H,20,21). The van der Waals surface area contributed by atoms with E-state index in [-0.39, 0.29) is 11.3 Å². The maximum atomic E-state index is 12.7. The van der Waals surface area contributed by atoms with Crippen LogP contribution >= 0.6 is 11.6 Å². The minimum atomic E-state index is -3.92. The number of likely N-dealkylation sites (N-methyl/N-ethyl adjacent to an activating group) is 1. The van der Waals surface area contributed by atoms with Gasteiger partial charge in [0.25, 0.3) is 0 Å². The van der Waals surface area contributed by atoms with Crippen molar-refractivity contribution in [3.63, 3.8) is 0 Å². The van der Waals surface area contributed by atoms with Crippen LogP contribution in [0.3, 0.4) is 0 Å². The van der Waals surface area contributed by atoms with Crippen molar-refractivity contribution >= 4 is 27.6 Å². The van der Waals surface area contributed by atoms with E-state index in [2.05, 4.69) is 0 Å². The number of halogens is 1. The van der Waals surface area contributed by atoms with E-state index >= 15 is 0 Å². The van der Waals surface area contributed by atoms with Gasteiger partial charge in [0.1, 0.15) is 6.04 Å². The number of benzene rings is 2. The Morgan fingerprint density at radius 3 is 2.29 bits per heavy atom. The first-order valence-electron chi connectivity index (χ1n) is 7.24. The van der Waals surface area contributed by atoms with Crippen molar-refractivity contribution in [1.29, 1.82) is 0 Å². The van der Waals surface area contributed by atoms with Crippen LogP contribution in [-0.4, -0.2) is 36.9 Å². The summed E-state index contributed by atoms with van der Waals surface area (Å²) in [4.78, 5) is 11.7. The van der Waals surface area contributed by atoms with Crippen LogP contribution in [0.25, 0.3) is 0 Å². The molecule has 0 amide bonds. The molecule has 1 atom stereocenters.